The van der Waals surface area contributed by atoms with Crippen LogP contribution in [0.25, 0.3) is 0 Å². The van der Waals surface area contributed by atoms with Crippen molar-refractivity contribution in [2.75, 3.05) is 0 Å². The SMILES string of the molecule is CC[C@@H](Oc1ccc(C)c(C)c1)C(=O)N[C@H](CC)c1ccc2c(c1)CCCC2. The Morgan fingerprint density at radius 2 is 1.71 bits per heavy atom. The first-order chi connectivity index (χ1) is 13.5. The number of carbonyl (C=O) groups is 1. The molecule has 3 heteroatoms. The van der Waals surface area contributed by atoms with Crippen molar-refractivity contribution in [2.24, 2.45) is 0 Å². The number of fused-ring (bicyclic) bond motifs is 1. The minimum atomic E-state index is -0.478. The molecule has 0 aromatic heterocycles. The third-order valence-electron chi connectivity index (χ3n) is 5.92. The van der Waals surface area contributed by atoms with E-state index in [0.717, 1.165) is 18.6 Å². The van der Waals surface area contributed by atoms with Crippen LogP contribution in [0, 0.1) is 13.8 Å². The maximum Gasteiger partial charge on any atom is 0.261 e. The number of hydrogen-bond acceptors (Lipinski definition) is 2. The Morgan fingerprint density at radius 3 is 2.39 bits per heavy atom. The molecule has 2 atom stereocenters. The highest BCUT2D eigenvalue weighted by molar-refractivity contribution is 5.81. The number of aryl methyl sites for hydroxylation is 4. The van der Waals surface area contributed by atoms with E-state index in [1.807, 2.05) is 25.1 Å². The van der Waals surface area contributed by atoms with Gasteiger partial charge in [-0.25, -0.2) is 0 Å². The van der Waals surface area contributed by atoms with Gasteiger partial charge < -0.3 is 10.1 Å². The molecule has 0 spiro atoms. The van der Waals surface area contributed by atoms with Gasteiger partial charge in [0.1, 0.15) is 5.75 Å². The standard InChI is InChI=1S/C25H33NO2/c1-5-23(21-13-12-19-9-7-8-10-20(19)16-21)26-25(27)24(6-2)28-22-14-11-17(3)18(4)15-22/h11-16,23-24H,5-10H2,1-4H3,(H,26,27)/t23-,24-/m1/s1. The molecule has 150 valence electrons. The van der Waals surface area contributed by atoms with Crippen molar-refractivity contribution in [1.29, 1.82) is 0 Å². The van der Waals surface area contributed by atoms with E-state index in [9.17, 15) is 4.79 Å². The van der Waals surface area contributed by atoms with Crippen molar-refractivity contribution in [3.8, 4) is 5.75 Å². The Kier molecular flexibility index (Phi) is 6.77. The monoisotopic (exact) mass is 379 g/mol. The molecule has 0 aliphatic heterocycles. The summed E-state index contributed by atoms with van der Waals surface area (Å²) in [6.45, 7) is 8.25. The normalized spacial score (nSPS) is 15.4. The molecule has 0 bridgehead atoms. The average Bonchev–Trinajstić information content (AvgIpc) is 2.72. The van der Waals surface area contributed by atoms with Crippen molar-refractivity contribution in [3.05, 3.63) is 64.2 Å². The highest BCUT2D eigenvalue weighted by atomic mass is 16.5. The summed E-state index contributed by atoms with van der Waals surface area (Å²) in [5, 5.41) is 3.22. The molecule has 1 aliphatic carbocycles. The van der Waals surface area contributed by atoms with Gasteiger partial charge in [-0.2, -0.15) is 0 Å². The van der Waals surface area contributed by atoms with Crippen molar-refractivity contribution >= 4 is 5.91 Å². The molecule has 2 aromatic carbocycles. The van der Waals surface area contributed by atoms with Gasteiger partial charge in [0.2, 0.25) is 0 Å². The molecular weight excluding hydrogens is 346 g/mol. The summed E-state index contributed by atoms with van der Waals surface area (Å²) >= 11 is 0. The van der Waals surface area contributed by atoms with Crippen LogP contribution in [-0.2, 0) is 17.6 Å². The number of amides is 1. The van der Waals surface area contributed by atoms with Crippen molar-refractivity contribution in [3.63, 3.8) is 0 Å². The lowest BCUT2D eigenvalue weighted by Gasteiger charge is -2.24. The molecule has 1 amide bonds. The fourth-order valence-corrected chi connectivity index (χ4v) is 3.93. The molecule has 28 heavy (non-hydrogen) atoms. The Labute approximate surface area is 169 Å². The second-order valence-electron chi connectivity index (χ2n) is 7.97. The molecule has 1 aliphatic rings. The van der Waals surface area contributed by atoms with Gasteiger partial charge in [0.15, 0.2) is 6.10 Å². The van der Waals surface area contributed by atoms with Crippen LogP contribution in [0.5, 0.6) is 5.75 Å². The number of ether oxygens (including phenoxy) is 1. The zero-order valence-electron chi connectivity index (χ0n) is 17.7. The summed E-state index contributed by atoms with van der Waals surface area (Å²) in [5.74, 6) is 0.720. The Bertz CT molecular complexity index is 827. The summed E-state index contributed by atoms with van der Waals surface area (Å²) in [6.07, 6.45) is 5.91. The third-order valence-corrected chi connectivity index (χ3v) is 5.92. The van der Waals surface area contributed by atoms with Gasteiger partial charge >= 0.3 is 0 Å². The Hall–Kier alpha value is -2.29. The van der Waals surface area contributed by atoms with Gasteiger partial charge in [-0.3, -0.25) is 4.79 Å². The first-order valence-electron chi connectivity index (χ1n) is 10.7. The molecule has 0 heterocycles. The topological polar surface area (TPSA) is 38.3 Å². The van der Waals surface area contributed by atoms with Gasteiger partial charge in [-0.05, 0) is 92.3 Å². The molecular formula is C25H33NO2. The first-order valence-corrected chi connectivity index (χ1v) is 10.7. The largest absolute Gasteiger partial charge is 0.481 e. The molecule has 0 saturated heterocycles. The quantitative estimate of drug-likeness (QED) is 0.679. The van der Waals surface area contributed by atoms with E-state index in [1.165, 1.54) is 47.1 Å². The highest BCUT2D eigenvalue weighted by Crippen LogP contribution is 2.26. The summed E-state index contributed by atoms with van der Waals surface area (Å²) in [6, 6.07) is 12.7. The second-order valence-corrected chi connectivity index (χ2v) is 7.97. The van der Waals surface area contributed by atoms with Gasteiger partial charge in [0, 0.05) is 0 Å². The minimum Gasteiger partial charge on any atom is -0.481 e. The number of carbonyl (C=O) groups excluding carboxylic acids is 1. The maximum atomic E-state index is 12.9. The van der Waals surface area contributed by atoms with E-state index in [1.54, 1.807) is 0 Å². The van der Waals surface area contributed by atoms with Crippen molar-refractivity contribution in [1.82, 2.24) is 5.32 Å². The van der Waals surface area contributed by atoms with E-state index in [-0.39, 0.29) is 11.9 Å². The van der Waals surface area contributed by atoms with Crippen LogP contribution in [0.1, 0.15) is 73.4 Å². The number of nitrogens with one attached hydrogen (secondary N) is 1. The van der Waals surface area contributed by atoms with Crippen LogP contribution in [0.15, 0.2) is 36.4 Å². The molecule has 0 fully saturated rings. The minimum absolute atomic E-state index is 0.0251. The van der Waals surface area contributed by atoms with Crippen LogP contribution in [0.2, 0.25) is 0 Å². The molecule has 2 aromatic rings. The second kappa shape index (κ2) is 9.27. The molecule has 3 rings (SSSR count). The molecule has 1 N–H and O–H groups in total. The lowest BCUT2D eigenvalue weighted by molar-refractivity contribution is -0.128. The fraction of sp³-hybridized carbons (Fsp3) is 0.480. The zero-order valence-corrected chi connectivity index (χ0v) is 17.7. The highest BCUT2D eigenvalue weighted by Gasteiger charge is 2.23. The summed E-state index contributed by atoms with van der Waals surface area (Å²) in [5.41, 5.74) is 6.53. The molecule has 3 nitrogen and oxygen atoms in total. The fourth-order valence-electron chi connectivity index (χ4n) is 3.93. The van der Waals surface area contributed by atoms with E-state index < -0.39 is 6.10 Å². The molecule has 0 radical (unpaired) electrons. The molecule has 0 saturated carbocycles. The van der Waals surface area contributed by atoms with E-state index in [4.69, 9.17) is 4.74 Å². The van der Waals surface area contributed by atoms with Gasteiger partial charge in [-0.15, -0.1) is 0 Å². The maximum absolute atomic E-state index is 12.9. The van der Waals surface area contributed by atoms with Gasteiger partial charge in [0.25, 0.3) is 5.91 Å². The van der Waals surface area contributed by atoms with Crippen LogP contribution in [0.4, 0.5) is 0 Å². The predicted octanol–water partition coefficient (Wildman–Crippen LogP) is 5.61. The van der Waals surface area contributed by atoms with E-state index in [2.05, 4.69) is 44.3 Å². The lowest BCUT2D eigenvalue weighted by Crippen LogP contribution is -2.40. The summed E-state index contributed by atoms with van der Waals surface area (Å²) in [4.78, 5) is 12.9. The number of hydrogen-bond donors (Lipinski definition) is 1. The first kappa shape index (κ1) is 20.4. The Balaban J connectivity index is 1.70. The summed E-state index contributed by atoms with van der Waals surface area (Å²) in [7, 11) is 0. The average molecular weight is 380 g/mol. The van der Waals surface area contributed by atoms with Crippen LogP contribution in [-0.4, -0.2) is 12.0 Å². The van der Waals surface area contributed by atoms with Crippen molar-refractivity contribution in [2.45, 2.75) is 78.4 Å². The molecule has 0 unspecified atom stereocenters. The van der Waals surface area contributed by atoms with E-state index >= 15 is 0 Å². The smallest absolute Gasteiger partial charge is 0.261 e. The van der Waals surface area contributed by atoms with E-state index in [0.29, 0.717) is 6.42 Å². The predicted molar refractivity (Wildman–Crippen MR) is 115 cm³/mol. The summed E-state index contributed by atoms with van der Waals surface area (Å²) < 4.78 is 6.02. The number of rotatable bonds is 7. The Morgan fingerprint density at radius 1 is 0.964 bits per heavy atom. The van der Waals surface area contributed by atoms with Gasteiger partial charge in [0.05, 0.1) is 6.04 Å². The lowest BCUT2D eigenvalue weighted by atomic mass is 9.88. The van der Waals surface area contributed by atoms with Crippen LogP contribution < -0.4 is 10.1 Å². The van der Waals surface area contributed by atoms with Crippen molar-refractivity contribution < 1.29 is 9.53 Å². The van der Waals surface area contributed by atoms with Crippen LogP contribution >= 0.6 is 0 Å². The third kappa shape index (κ3) is 4.76. The zero-order chi connectivity index (χ0) is 20.1. The van der Waals surface area contributed by atoms with Gasteiger partial charge in [-0.1, -0.05) is 38.1 Å². The van der Waals surface area contributed by atoms with Crippen LogP contribution in [0.3, 0.4) is 0 Å². The number of benzene rings is 2.